The number of nitrogens with zero attached hydrogens (tertiary/aromatic N) is 2. The number of halogens is 1. The maximum atomic E-state index is 12.3. The van der Waals surface area contributed by atoms with E-state index >= 15 is 0 Å². The summed E-state index contributed by atoms with van der Waals surface area (Å²) in [5.41, 5.74) is 0.958. The van der Waals surface area contributed by atoms with Crippen LogP contribution in [0.15, 0.2) is 35.1 Å². The predicted molar refractivity (Wildman–Crippen MR) is 114 cm³/mol. The Bertz CT molecular complexity index is 881. The molecule has 1 N–H and O–H groups in total. The minimum absolute atomic E-state index is 0.00634. The summed E-state index contributed by atoms with van der Waals surface area (Å²) in [4.78, 5) is 8.36. The fourth-order valence-corrected chi connectivity index (χ4v) is 3.74. The second-order valence-electron chi connectivity index (χ2n) is 7.14. The van der Waals surface area contributed by atoms with E-state index in [0.717, 1.165) is 10.0 Å². The van der Waals surface area contributed by atoms with Gasteiger partial charge in [-0.25, -0.2) is 18.4 Å². The molecule has 9 heteroatoms. The van der Waals surface area contributed by atoms with Crippen LogP contribution in [0.5, 0.6) is 5.88 Å². The van der Waals surface area contributed by atoms with Crippen molar-refractivity contribution in [3.63, 3.8) is 0 Å². The molecule has 0 fully saturated rings. The fourth-order valence-electron chi connectivity index (χ4n) is 2.39. The summed E-state index contributed by atoms with van der Waals surface area (Å²) >= 11 is 3.40. The second kappa shape index (κ2) is 9.67. The lowest BCUT2D eigenvalue weighted by atomic mass is 10.1. The van der Waals surface area contributed by atoms with Crippen molar-refractivity contribution in [2.45, 2.75) is 39.7 Å². The average Bonchev–Trinajstić information content (AvgIpc) is 2.59. The van der Waals surface area contributed by atoms with Crippen LogP contribution < -0.4 is 9.46 Å². The highest BCUT2D eigenvalue weighted by molar-refractivity contribution is 9.10. The summed E-state index contributed by atoms with van der Waals surface area (Å²) in [6.07, 6.45) is 1.79. The number of benzene rings is 1. The molecule has 0 bridgehead atoms. The van der Waals surface area contributed by atoms with Crippen molar-refractivity contribution in [1.29, 1.82) is 0 Å². The van der Waals surface area contributed by atoms with Crippen LogP contribution in [0.4, 0.5) is 5.82 Å². The van der Waals surface area contributed by atoms with Crippen molar-refractivity contribution < 1.29 is 17.9 Å². The molecular weight excluding hydrogens is 446 g/mol. The number of rotatable bonds is 9. The largest absolute Gasteiger partial charge is 0.475 e. The smallest absolute Gasteiger partial charge is 0.233 e. The summed E-state index contributed by atoms with van der Waals surface area (Å²) < 4.78 is 39.5. The SMILES string of the molecule is CCCS(=O)(=O)Nc1ncnc(OCCOC(C)(C)C)c1-c1ccc(Br)cc1. The highest BCUT2D eigenvalue weighted by Gasteiger charge is 2.20. The summed E-state index contributed by atoms with van der Waals surface area (Å²) in [6.45, 7) is 8.35. The van der Waals surface area contributed by atoms with Crippen LogP contribution in [0.3, 0.4) is 0 Å². The molecule has 0 aliphatic carbocycles. The van der Waals surface area contributed by atoms with E-state index < -0.39 is 10.0 Å². The zero-order valence-corrected chi connectivity index (χ0v) is 18.9. The van der Waals surface area contributed by atoms with Gasteiger partial charge in [-0.1, -0.05) is 35.0 Å². The Kier molecular flexibility index (Phi) is 7.79. The summed E-state index contributed by atoms with van der Waals surface area (Å²) in [7, 11) is -3.51. The number of hydrogen-bond donors (Lipinski definition) is 1. The van der Waals surface area contributed by atoms with Gasteiger partial charge in [0.05, 0.1) is 23.5 Å². The van der Waals surface area contributed by atoms with Crippen molar-refractivity contribution in [2.24, 2.45) is 0 Å². The Morgan fingerprint density at radius 3 is 2.39 bits per heavy atom. The molecule has 1 aromatic heterocycles. The third-order valence-electron chi connectivity index (χ3n) is 3.53. The number of aromatic nitrogens is 2. The molecule has 0 aliphatic heterocycles. The predicted octanol–water partition coefficient (Wildman–Crippen LogP) is 4.25. The van der Waals surface area contributed by atoms with Crippen LogP contribution in [-0.4, -0.2) is 43.0 Å². The van der Waals surface area contributed by atoms with E-state index in [1.807, 2.05) is 45.0 Å². The van der Waals surface area contributed by atoms with Gasteiger partial charge in [0.1, 0.15) is 12.9 Å². The first kappa shape index (κ1) is 22.6. The topological polar surface area (TPSA) is 90.4 Å². The molecule has 0 radical (unpaired) electrons. The van der Waals surface area contributed by atoms with Crippen molar-refractivity contribution in [1.82, 2.24) is 9.97 Å². The first-order valence-electron chi connectivity index (χ1n) is 8.99. The molecule has 154 valence electrons. The molecule has 0 atom stereocenters. The molecule has 1 aromatic carbocycles. The van der Waals surface area contributed by atoms with E-state index in [2.05, 4.69) is 30.6 Å². The molecule has 1 heterocycles. The summed E-state index contributed by atoms with van der Waals surface area (Å²) in [5, 5.41) is 0. The number of ether oxygens (including phenoxy) is 2. The van der Waals surface area contributed by atoms with Crippen molar-refractivity contribution in [3.05, 3.63) is 35.1 Å². The number of anilines is 1. The van der Waals surface area contributed by atoms with Crippen LogP contribution in [-0.2, 0) is 14.8 Å². The Balaban J connectivity index is 2.35. The van der Waals surface area contributed by atoms with Crippen molar-refractivity contribution in [3.8, 4) is 17.0 Å². The van der Waals surface area contributed by atoms with E-state index in [9.17, 15) is 8.42 Å². The lowest BCUT2D eigenvalue weighted by Crippen LogP contribution is -2.23. The molecule has 0 aliphatic rings. The Labute approximate surface area is 175 Å². The van der Waals surface area contributed by atoms with E-state index in [0.29, 0.717) is 24.5 Å². The van der Waals surface area contributed by atoms with Crippen molar-refractivity contribution >= 4 is 31.8 Å². The van der Waals surface area contributed by atoms with E-state index in [1.165, 1.54) is 6.33 Å². The van der Waals surface area contributed by atoms with Crippen LogP contribution in [0, 0.1) is 0 Å². The Morgan fingerprint density at radius 2 is 1.79 bits per heavy atom. The van der Waals surface area contributed by atoms with Gasteiger partial charge in [0, 0.05) is 4.47 Å². The van der Waals surface area contributed by atoms with E-state index in [1.54, 1.807) is 6.92 Å². The van der Waals surface area contributed by atoms with Gasteiger partial charge < -0.3 is 9.47 Å². The third-order valence-corrected chi connectivity index (χ3v) is 5.51. The molecule has 0 unspecified atom stereocenters. The Morgan fingerprint density at radius 1 is 1.11 bits per heavy atom. The molecule has 7 nitrogen and oxygen atoms in total. The molecule has 0 saturated heterocycles. The zero-order valence-electron chi connectivity index (χ0n) is 16.5. The van der Waals surface area contributed by atoms with Crippen LogP contribution in [0.25, 0.3) is 11.1 Å². The van der Waals surface area contributed by atoms with Gasteiger partial charge in [0.15, 0.2) is 5.82 Å². The third kappa shape index (κ3) is 7.03. The molecule has 0 spiro atoms. The van der Waals surface area contributed by atoms with Crippen LogP contribution >= 0.6 is 15.9 Å². The van der Waals surface area contributed by atoms with E-state index in [4.69, 9.17) is 9.47 Å². The zero-order chi connectivity index (χ0) is 20.8. The van der Waals surface area contributed by atoms with Gasteiger partial charge in [0.2, 0.25) is 15.9 Å². The first-order chi connectivity index (χ1) is 13.1. The molecular formula is C19H26BrN3O4S. The summed E-state index contributed by atoms with van der Waals surface area (Å²) in [6, 6.07) is 7.41. The number of hydrogen-bond acceptors (Lipinski definition) is 6. The quantitative estimate of drug-likeness (QED) is 0.549. The van der Waals surface area contributed by atoms with Gasteiger partial charge >= 0.3 is 0 Å². The second-order valence-corrected chi connectivity index (χ2v) is 9.90. The van der Waals surface area contributed by atoms with Gasteiger partial charge in [-0.3, -0.25) is 4.72 Å². The summed E-state index contributed by atoms with van der Waals surface area (Å²) in [5.74, 6) is 0.494. The van der Waals surface area contributed by atoms with Crippen molar-refractivity contribution in [2.75, 3.05) is 23.7 Å². The molecule has 2 rings (SSSR count). The number of sulfonamides is 1. The maximum absolute atomic E-state index is 12.3. The molecule has 0 saturated carbocycles. The Hall–Kier alpha value is -1.71. The fraction of sp³-hybridized carbons (Fsp3) is 0.474. The van der Waals surface area contributed by atoms with E-state index in [-0.39, 0.29) is 23.8 Å². The average molecular weight is 472 g/mol. The normalized spacial score (nSPS) is 12.0. The highest BCUT2D eigenvalue weighted by Crippen LogP contribution is 2.35. The van der Waals surface area contributed by atoms with Crippen LogP contribution in [0.1, 0.15) is 34.1 Å². The minimum atomic E-state index is -3.51. The van der Waals surface area contributed by atoms with Crippen LogP contribution in [0.2, 0.25) is 0 Å². The van der Waals surface area contributed by atoms with Gasteiger partial charge in [-0.2, -0.15) is 0 Å². The molecule has 2 aromatic rings. The number of nitrogens with one attached hydrogen (secondary N) is 1. The highest BCUT2D eigenvalue weighted by atomic mass is 79.9. The van der Waals surface area contributed by atoms with Gasteiger partial charge in [-0.05, 0) is 44.9 Å². The maximum Gasteiger partial charge on any atom is 0.233 e. The first-order valence-corrected chi connectivity index (χ1v) is 11.4. The minimum Gasteiger partial charge on any atom is -0.475 e. The monoisotopic (exact) mass is 471 g/mol. The lowest BCUT2D eigenvalue weighted by molar-refractivity contribution is -0.0167. The van der Waals surface area contributed by atoms with Gasteiger partial charge in [-0.15, -0.1) is 0 Å². The molecule has 28 heavy (non-hydrogen) atoms. The lowest BCUT2D eigenvalue weighted by Gasteiger charge is -2.20. The molecule has 0 amide bonds. The van der Waals surface area contributed by atoms with Gasteiger partial charge in [0.25, 0.3) is 0 Å². The standard InChI is InChI=1S/C19H26BrN3O4S/c1-5-12-28(24,25)23-17-16(14-6-8-15(20)9-7-14)18(22-13-21-17)26-10-11-27-19(2,3)4/h6-9,13H,5,10-12H2,1-4H3,(H,21,22,23).